The van der Waals surface area contributed by atoms with E-state index in [-0.39, 0.29) is 19.1 Å². The lowest BCUT2D eigenvalue weighted by Gasteiger charge is -2.31. The molecule has 0 bridgehead atoms. The van der Waals surface area contributed by atoms with Gasteiger partial charge in [0.15, 0.2) is 6.61 Å². The highest BCUT2D eigenvalue weighted by Crippen LogP contribution is 2.18. The number of hydrogen-bond acceptors (Lipinski definition) is 3. The highest BCUT2D eigenvalue weighted by molar-refractivity contribution is 5.88. The predicted molar refractivity (Wildman–Crippen MR) is 122 cm³/mol. The minimum absolute atomic E-state index is 0.0480. The van der Waals surface area contributed by atoms with Crippen LogP contribution in [-0.4, -0.2) is 36.4 Å². The number of likely N-dealkylation sites (N-methyl/N-ethyl adjacent to an activating group) is 1. The fraction of sp³-hybridized carbons (Fsp3) is 0.231. The fourth-order valence-corrected chi connectivity index (χ4v) is 3.46. The van der Waals surface area contributed by atoms with Gasteiger partial charge in [-0.25, -0.2) is 4.39 Å². The van der Waals surface area contributed by atoms with E-state index in [0.717, 1.165) is 11.1 Å². The third kappa shape index (κ3) is 6.17. The second kappa shape index (κ2) is 11.1. The number of amides is 2. The number of benzene rings is 3. The summed E-state index contributed by atoms with van der Waals surface area (Å²) < 4.78 is 20.1. The Bertz CT molecular complexity index is 1060. The minimum atomic E-state index is -0.824. The molecule has 0 aromatic heterocycles. The van der Waals surface area contributed by atoms with Gasteiger partial charge in [0, 0.05) is 25.6 Å². The van der Waals surface area contributed by atoms with E-state index in [1.54, 1.807) is 24.3 Å². The van der Waals surface area contributed by atoms with Gasteiger partial charge in [0.2, 0.25) is 5.91 Å². The average molecular weight is 435 g/mol. The number of nitrogens with zero attached hydrogens (tertiary/aromatic N) is 1. The zero-order valence-electron chi connectivity index (χ0n) is 18.3. The van der Waals surface area contributed by atoms with Gasteiger partial charge < -0.3 is 15.0 Å². The molecule has 5 nitrogen and oxygen atoms in total. The summed E-state index contributed by atoms with van der Waals surface area (Å²) in [7, 11) is 1.52. The maximum atomic E-state index is 14.4. The molecule has 0 saturated heterocycles. The summed E-state index contributed by atoms with van der Waals surface area (Å²) in [5.74, 6) is -0.600. The fourth-order valence-electron chi connectivity index (χ4n) is 3.46. The molecule has 3 aromatic carbocycles. The molecule has 0 spiro atoms. The molecule has 6 heteroatoms. The van der Waals surface area contributed by atoms with Gasteiger partial charge in [0.25, 0.3) is 5.91 Å². The minimum Gasteiger partial charge on any atom is -0.484 e. The molecule has 0 fully saturated rings. The summed E-state index contributed by atoms with van der Waals surface area (Å²) in [6.07, 6.45) is 0.297. The van der Waals surface area contributed by atoms with Gasteiger partial charge in [-0.1, -0.05) is 60.7 Å². The summed E-state index contributed by atoms with van der Waals surface area (Å²) in [6, 6.07) is 22.2. The molecule has 0 radical (unpaired) electrons. The third-order valence-electron chi connectivity index (χ3n) is 5.17. The predicted octanol–water partition coefficient (Wildman–Crippen LogP) is 3.90. The smallest absolute Gasteiger partial charge is 0.261 e. The van der Waals surface area contributed by atoms with Gasteiger partial charge in [0.05, 0.1) is 0 Å². The van der Waals surface area contributed by atoms with E-state index >= 15 is 0 Å². The van der Waals surface area contributed by atoms with E-state index in [2.05, 4.69) is 5.32 Å². The summed E-state index contributed by atoms with van der Waals surface area (Å²) in [5, 5.41) is 2.63. The van der Waals surface area contributed by atoms with E-state index in [1.165, 1.54) is 18.0 Å². The van der Waals surface area contributed by atoms with Crippen LogP contribution in [-0.2, 0) is 22.6 Å². The van der Waals surface area contributed by atoms with Crippen LogP contribution in [0.2, 0.25) is 0 Å². The van der Waals surface area contributed by atoms with Crippen molar-refractivity contribution in [3.63, 3.8) is 0 Å². The maximum absolute atomic E-state index is 14.4. The molecule has 0 heterocycles. The van der Waals surface area contributed by atoms with Crippen molar-refractivity contribution in [2.24, 2.45) is 0 Å². The molecular weight excluding hydrogens is 407 g/mol. The van der Waals surface area contributed by atoms with Crippen LogP contribution in [0.5, 0.6) is 5.75 Å². The molecule has 0 unspecified atom stereocenters. The lowest BCUT2D eigenvalue weighted by molar-refractivity contribution is -0.142. The van der Waals surface area contributed by atoms with Crippen molar-refractivity contribution < 1.29 is 18.7 Å². The topological polar surface area (TPSA) is 58.6 Å². The number of halogens is 1. The van der Waals surface area contributed by atoms with Crippen LogP contribution in [0.15, 0.2) is 78.9 Å². The standard InChI is InChI=1S/C26H27FN2O3/c1-19-9-8-13-22(15-19)32-18-25(30)29(17-21-12-6-7-14-23(21)27)24(26(31)28-2)16-20-10-4-3-5-11-20/h3-15,24H,16-18H2,1-2H3,(H,28,31)/t24-/m1/s1. The van der Waals surface area contributed by atoms with Crippen LogP contribution in [0.3, 0.4) is 0 Å². The Morgan fingerprint density at radius 3 is 2.41 bits per heavy atom. The van der Waals surface area contributed by atoms with E-state index in [9.17, 15) is 14.0 Å². The van der Waals surface area contributed by atoms with Gasteiger partial charge in [-0.15, -0.1) is 0 Å². The van der Waals surface area contributed by atoms with Crippen LogP contribution in [0.4, 0.5) is 4.39 Å². The number of ether oxygens (including phenoxy) is 1. The number of carbonyl (C=O) groups excluding carboxylic acids is 2. The number of hydrogen-bond donors (Lipinski definition) is 1. The van der Waals surface area contributed by atoms with Crippen LogP contribution in [0.1, 0.15) is 16.7 Å². The Morgan fingerprint density at radius 1 is 1.00 bits per heavy atom. The average Bonchev–Trinajstić information content (AvgIpc) is 2.81. The molecule has 166 valence electrons. The number of aryl methyl sites for hydroxylation is 1. The molecule has 0 aliphatic rings. The Morgan fingerprint density at radius 2 is 1.72 bits per heavy atom. The van der Waals surface area contributed by atoms with Crippen LogP contribution in [0, 0.1) is 12.7 Å². The Kier molecular flexibility index (Phi) is 7.97. The Hall–Kier alpha value is -3.67. The van der Waals surface area contributed by atoms with Crippen molar-refractivity contribution in [3.05, 3.63) is 101 Å². The quantitative estimate of drug-likeness (QED) is 0.556. The largest absolute Gasteiger partial charge is 0.484 e. The van der Waals surface area contributed by atoms with Crippen molar-refractivity contribution in [3.8, 4) is 5.75 Å². The molecular formula is C26H27FN2O3. The molecule has 32 heavy (non-hydrogen) atoms. The maximum Gasteiger partial charge on any atom is 0.261 e. The van der Waals surface area contributed by atoms with Crippen molar-refractivity contribution in [1.82, 2.24) is 10.2 Å². The van der Waals surface area contributed by atoms with Crippen molar-refractivity contribution in [2.45, 2.75) is 25.9 Å². The van der Waals surface area contributed by atoms with Gasteiger partial charge in [-0.3, -0.25) is 9.59 Å². The van der Waals surface area contributed by atoms with Crippen LogP contribution in [0.25, 0.3) is 0 Å². The lowest BCUT2D eigenvalue weighted by atomic mass is 10.0. The molecule has 0 saturated carbocycles. The summed E-state index contributed by atoms with van der Waals surface area (Å²) in [4.78, 5) is 27.5. The second-order valence-corrected chi connectivity index (χ2v) is 7.54. The second-order valence-electron chi connectivity index (χ2n) is 7.54. The van der Waals surface area contributed by atoms with E-state index in [0.29, 0.717) is 17.7 Å². The van der Waals surface area contributed by atoms with Crippen LogP contribution >= 0.6 is 0 Å². The van der Waals surface area contributed by atoms with E-state index < -0.39 is 17.8 Å². The molecule has 0 aliphatic heterocycles. The first-order chi connectivity index (χ1) is 15.5. The number of rotatable bonds is 9. The summed E-state index contributed by atoms with van der Waals surface area (Å²) in [5.41, 5.74) is 2.23. The van der Waals surface area contributed by atoms with Gasteiger partial charge >= 0.3 is 0 Å². The zero-order valence-corrected chi connectivity index (χ0v) is 18.3. The molecule has 0 aliphatic carbocycles. The van der Waals surface area contributed by atoms with Crippen molar-refractivity contribution in [2.75, 3.05) is 13.7 Å². The van der Waals surface area contributed by atoms with E-state index in [1.807, 2.05) is 55.5 Å². The van der Waals surface area contributed by atoms with E-state index in [4.69, 9.17) is 4.74 Å². The Balaban J connectivity index is 1.88. The van der Waals surface area contributed by atoms with Crippen molar-refractivity contribution in [1.29, 1.82) is 0 Å². The van der Waals surface area contributed by atoms with Gasteiger partial charge in [-0.2, -0.15) is 0 Å². The SMILES string of the molecule is CNC(=O)[C@@H](Cc1ccccc1)N(Cc1ccccc1F)C(=O)COc1cccc(C)c1. The normalized spacial score (nSPS) is 11.5. The zero-order chi connectivity index (χ0) is 22.9. The third-order valence-corrected chi connectivity index (χ3v) is 5.17. The summed E-state index contributed by atoms with van der Waals surface area (Å²) >= 11 is 0. The number of nitrogens with one attached hydrogen (secondary N) is 1. The van der Waals surface area contributed by atoms with Gasteiger partial charge in [-0.05, 0) is 36.2 Å². The van der Waals surface area contributed by atoms with Crippen molar-refractivity contribution >= 4 is 11.8 Å². The molecule has 1 atom stereocenters. The molecule has 2 amide bonds. The highest BCUT2D eigenvalue weighted by atomic mass is 19.1. The lowest BCUT2D eigenvalue weighted by Crippen LogP contribution is -2.51. The first-order valence-electron chi connectivity index (χ1n) is 10.5. The first kappa shape index (κ1) is 23.0. The number of carbonyl (C=O) groups is 2. The highest BCUT2D eigenvalue weighted by Gasteiger charge is 2.30. The summed E-state index contributed by atoms with van der Waals surface area (Å²) in [6.45, 7) is 1.62. The monoisotopic (exact) mass is 434 g/mol. The first-order valence-corrected chi connectivity index (χ1v) is 10.5. The molecule has 3 aromatic rings. The Labute approximate surface area is 187 Å². The van der Waals surface area contributed by atoms with Crippen LogP contribution < -0.4 is 10.1 Å². The molecule has 1 N–H and O–H groups in total. The molecule has 3 rings (SSSR count). The van der Waals surface area contributed by atoms with Gasteiger partial charge in [0.1, 0.15) is 17.6 Å².